The third-order valence-corrected chi connectivity index (χ3v) is 4.70. The van der Waals surface area contributed by atoms with Crippen LogP contribution >= 0.6 is 36.2 Å². The van der Waals surface area contributed by atoms with Gasteiger partial charge in [0.25, 0.3) is 0 Å². The Labute approximate surface area is 156 Å². The minimum Gasteiger partial charge on any atom is -0.351 e. The maximum absolute atomic E-state index is 13.2. The predicted octanol–water partition coefficient (Wildman–Crippen LogP) is 3.19. The molecule has 0 saturated heterocycles. The van der Waals surface area contributed by atoms with E-state index in [1.165, 1.54) is 23.5 Å². The summed E-state index contributed by atoms with van der Waals surface area (Å²) in [7, 11) is 0. The van der Waals surface area contributed by atoms with E-state index < -0.39 is 0 Å². The van der Waals surface area contributed by atoms with Gasteiger partial charge in [-0.1, -0.05) is 12.1 Å². The fourth-order valence-electron chi connectivity index (χ4n) is 2.43. The van der Waals surface area contributed by atoms with Crippen molar-refractivity contribution in [3.05, 3.63) is 41.2 Å². The molecule has 1 aromatic heterocycles. The van der Waals surface area contributed by atoms with Gasteiger partial charge in [-0.25, -0.2) is 9.37 Å². The Morgan fingerprint density at radius 3 is 2.79 bits per heavy atom. The van der Waals surface area contributed by atoms with Gasteiger partial charge in [0.05, 0.1) is 12.1 Å². The lowest BCUT2D eigenvalue weighted by atomic mass is 10.2. The van der Waals surface area contributed by atoms with Crippen LogP contribution in [0.5, 0.6) is 0 Å². The van der Waals surface area contributed by atoms with Crippen LogP contribution in [-0.4, -0.2) is 23.5 Å². The maximum Gasteiger partial charge on any atom is 0.226 e. The van der Waals surface area contributed by atoms with E-state index in [1.807, 2.05) is 11.4 Å². The zero-order valence-corrected chi connectivity index (χ0v) is 15.4. The van der Waals surface area contributed by atoms with Crippen LogP contribution in [0.4, 0.5) is 4.39 Å². The van der Waals surface area contributed by atoms with E-state index in [0.29, 0.717) is 18.2 Å². The quantitative estimate of drug-likeness (QED) is 0.794. The van der Waals surface area contributed by atoms with E-state index in [0.717, 1.165) is 23.4 Å². The van der Waals surface area contributed by atoms with Gasteiger partial charge in [-0.2, -0.15) is 0 Å². The molecule has 3 N–H and O–H groups in total. The van der Waals surface area contributed by atoms with Crippen molar-refractivity contribution in [2.75, 3.05) is 6.54 Å². The summed E-state index contributed by atoms with van der Waals surface area (Å²) in [5.74, 6) is 0.188. The molecule has 1 heterocycles. The van der Waals surface area contributed by atoms with E-state index in [4.69, 9.17) is 5.73 Å². The molecule has 0 bridgehead atoms. The van der Waals surface area contributed by atoms with E-state index in [2.05, 4.69) is 10.3 Å². The van der Waals surface area contributed by atoms with Gasteiger partial charge in [0.15, 0.2) is 0 Å². The summed E-state index contributed by atoms with van der Waals surface area (Å²) in [6.07, 6.45) is 2.51. The first-order valence-electron chi connectivity index (χ1n) is 7.35. The van der Waals surface area contributed by atoms with E-state index in [-0.39, 0.29) is 49.0 Å². The Morgan fingerprint density at radius 2 is 2.17 bits per heavy atom. The average molecular weight is 392 g/mol. The van der Waals surface area contributed by atoms with Crippen molar-refractivity contribution in [1.29, 1.82) is 0 Å². The Kier molecular flexibility index (Phi) is 8.09. The third-order valence-electron chi connectivity index (χ3n) is 3.76. The molecule has 0 radical (unpaired) electrons. The number of benzene rings is 1. The van der Waals surface area contributed by atoms with Crippen molar-refractivity contribution < 1.29 is 9.18 Å². The molecule has 1 unspecified atom stereocenters. The van der Waals surface area contributed by atoms with Gasteiger partial charge in [-0.05, 0) is 30.9 Å². The Bertz CT molecular complexity index is 679. The molecule has 24 heavy (non-hydrogen) atoms. The highest BCUT2D eigenvalue weighted by atomic mass is 35.5. The number of carbonyl (C=O) groups is 1. The molecule has 8 heteroatoms. The number of hydrogen-bond donors (Lipinski definition) is 2. The number of amides is 1. The number of hydrogen-bond acceptors (Lipinski definition) is 4. The zero-order chi connectivity index (χ0) is 15.5. The molecule has 1 amide bonds. The number of nitrogens with zero attached hydrogens (tertiary/aromatic N) is 1. The van der Waals surface area contributed by atoms with Crippen LogP contribution in [0.2, 0.25) is 0 Å². The monoisotopic (exact) mass is 391 g/mol. The summed E-state index contributed by atoms with van der Waals surface area (Å²) in [6.45, 7) is 0.474. The smallest absolute Gasteiger partial charge is 0.226 e. The van der Waals surface area contributed by atoms with E-state index >= 15 is 0 Å². The predicted molar refractivity (Wildman–Crippen MR) is 99.4 cm³/mol. The van der Waals surface area contributed by atoms with Crippen LogP contribution in [0.15, 0.2) is 29.6 Å². The molecule has 1 aromatic carbocycles. The normalized spacial score (nSPS) is 14.2. The minimum atomic E-state index is -0.290. The SMILES string of the molecule is Cl.Cl.NCC(NC(=O)Cc1csc(-c2cccc(F)c2)n1)C1CC1. The third kappa shape index (κ3) is 5.41. The summed E-state index contributed by atoms with van der Waals surface area (Å²) in [5, 5.41) is 5.54. The molecule has 0 aliphatic heterocycles. The van der Waals surface area contributed by atoms with Gasteiger partial charge in [0.1, 0.15) is 10.8 Å². The van der Waals surface area contributed by atoms with Crippen LogP contribution in [0, 0.1) is 11.7 Å². The first-order valence-corrected chi connectivity index (χ1v) is 8.23. The highest BCUT2D eigenvalue weighted by Gasteiger charge is 2.31. The van der Waals surface area contributed by atoms with Gasteiger partial charge in [0, 0.05) is 23.5 Å². The van der Waals surface area contributed by atoms with Crippen LogP contribution in [0.3, 0.4) is 0 Å². The summed E-state index contributed by atoms with van der Waals surface area (Å²) in [6, 6.07) is 6.38. The molecular weight excluding hydrogens is 372 g/mol. The Balaban J connectivity index is 0.00000144. The number of nitrogens with one attached hydrogen (secondary N) is 1. The van der Waals surface area contributed by atoms with Crippen LogP contribution in [0.25, 0.3) is 10.6 Å². The molecule has 132 valence electrons. The van der Waals surface area contributed by atoms with Crippen molar-refractivity contribution in [1.82, 2.24) is 10.3 Å². The number of halogens is 3. The van der Waals surface area contributed by atoms with Gasteiger partial charge in [-0.15, -0.1) is 36.2 Å². The lowest BCUT2D eigenvalue weighted by molar-refractivity contribution is -0.121. The topological polar surface area (TPSA) is 68.0 Å². The van der Waals surface area contributed by atoms with Crippen LogP contribution in [-0.2, 0) is 11.2 Å². The van der Waals surface area contributed by atoms with Crippen LogP contribution in [0.1, 0.15) is 18.5 Å². The molecule has 4 nitrogen and oxygen atoms in total. The lowest BCUT2D eigenvalue weighted by Gasteiger charge is -2.15. The molecule has 1 atom stereocenters. The number of aromatic nitrogens is 1. The summed E-state index contributed by atoms with van der Waals surface area (Å²) >= 11 is 1.41. The minimum absolute atomic E-state index is 0. The molecular formula is C16H20Cl2FN3OS. The highest BCUT2D eigenvalue weighted by molar-refractivity contribution is 7.13. The van der Waals surface area contributed by atoms with E-state index in [9.17, 15) is 9.18 Å². The van der Waals surface area contributed by atoms with Gasteiger partial charge < -0.3 is 11.1 Å². The molecule has 2 aromatic rings. The molecule has 3 rings (SSSR count). The van der Waals surface area contributed by atoms with Crippen molar-refractivity contribution >= 4 is 42.1 Å². The Hall–Kier alpha value is -1.21. The van der Waals surface area contributed by atoms with Crippen LogP contribution < -0.4 is 11.1 Å². The fourth-order valence-corrected chi connectivity index (χ4v) is 3.25. The number of rotatable bonds is 6. The number of carbonyl (C=O) groups excluding carboxylic acids is 1. The molecule has 0 spiro atoms. The lowest BCUT2D eigenvalue weighted by Crippen LogP contribution is -2.42. The summed E-state index contributed by atoms with van der Waals surface area (Å²) in [5.41, 5.74) is 7.12. The van der Waals surface area contributed by atoms with Gasteiger partial charge in [0.2, 0.25) is 5.91 Å². The molecule has 1 saturated carbocycles. The zero-order valence-electron chi connectivity index (χ0n) is 12.9. The van der Waals surface area contributed by atoms with Gasteiger partial charge >= 0.3 is 0 Å². The fraction of sp³-hybridized carbons (Fsp3) is 0.375. The standard InChI is InChI=1S/C16H18FN3OS.2ClH/c17-12-3-1-2-11(6-12)16-19-13(9-22-16)7-15(21)20-14(8-18)10-4-5-10;;/h1-3,6,9-10,14H,4-5,7-8,18H2,(H,20,21);2*1H. The van der Waals surface area contributed by atoms with Crippen molar-refractivity contribution in [3.8, 4) is 10.6 Å². The van der Waals surface area contributed by atoms with E-state index in [1.54, 1.807) is 6.07 Å². The van der Waals surface area contributed by atoms with Crippen molar-refractivity contribution in [3.63, 3.8) is 0 Å². The van der Waals surface area contributed by atoms with Crippen molar-refractivity contribution in [2.24, 2.45) is 11.7 Å². The Morgan fingerprint density at radius 1 is 1.42 bits per heavy atom. The maximum atomic E-state index is 13.2. The average Bonchev–Trinajstić information content (AvgIpc) is 3.24. The molecule has 1 aliphatic carbocycles. The second-order valence-electron chi connectivity index (χ2n) is 5.58. The second kappa shape index (κ2) is 9.32. The number of nitrogens with two attached hydrogens (primary N) is 1. The molecule has 1 fully saturated rings. The largest absolute Gasteiger partial charge is 0.351 e. The molecule has 1 aliphatic rings. The van der Waals surface area contributed by atoms with Crippen molar-refractivity contribution in [2.45, 2.75) is 25.3 Å². The van der Waals surface area contributed by atoms with Gasteiger partial charge in [-0.3, -0.25) is 4.79 Å². The summed E-state index contributed by atoms with van der Waals surface area (Å²) < 4.78 is 13.2. The second-order valence-corrected chi connectivity index (χ2v) is 6.44. The first kappa shape index (κ1) is 20.8. The summed E-state index contributed by atoms with van der Waals surface area (Å²) in [4.78, 5) is 16.5. The first-order chi connectivity index (χ1) is 10.7. The number of thiazole rings is 1. The highest BCUT2D eigenvalue weighted by Crippen LogP contribution is 2.32.